The third-order valence-corrected chi connectivity index (χ3v) is 2.62. The zero-order valence-corrected chi connectivity index (χ0v) is 10.2. The van der Waals surface area contributed by atoms with Crippen LogP contribution in [0.1, 0.15) is 6.92 Å². The van der Waals surface area contributed by atoms with Gasteiger partial charge in [-0.3, -0.25) is 0 Å². The number of nitrogens with one attached hydrogen (secondary N) is 1. The molecule has 0 heterocycles. The van der Waals surface area contributed by atoms with E-state index in [1.54, 1.807) is 18.7 Å². The number of anilines is 1. The second-order valence-corrected chi connectivity index (χ2v) is 3.78. The van der Waals surface area contributed by atoms with Crippen LogP contribution in [0.15, 0.2) is 29.3 Å². The SMILES string of the molecule is COc1ccc(Cl)c(NC/C(C)=C/Cl)c1. The van der Waals surface area contributed by atoms with Gasteiger partial charge in [0.2, 0.25) is 0 Å². The Morgan fingerprint density at radius 1 is 1.53 bits per heavy atom. The fourth-order valence-corrected chi connectivity index (χ4v) is 1.30. The van der Waals surface area contributed by atoms with Crippen LogP contribution in [0.5, 0.6) is 5.75 Å². The molecule has 15 heavy (non-hydrogen) atoms. The van der Waals surface area contributed by atoms with E-state index in [0.717, 1.165) is 17.0 Å². The Labute approximate surface area is 99.8 Å². The fraction of sp³-hybridized carbons (Fsp3) is 0.273. The molecule has 0 aliphatic heterocycles. The summed E-state index contributed by atoms with van der Waals surface area (Å²) in [7, 11) is 1.62. The first kappa shape index (κ1) is 12.2. The largest absolute Gasteiger partial charge is 0.497 e. The second kappa shape index (κ2) is 5.89. The van der Waals surface area contributed by atoms with E-state index >= 15 is 0 Å². The number of methoxy groups -OCH3 is 1. The minimum atomic E-state index is 0.663. The highest BCUT2D eigenvalue weighted by Gasteiger charge is 2.01. The van der Waals surface area contributed by atoms with Gasteiger partial charge in [0.05, 0.1) is 17.8 Å². The smallest absolute Gasteiger partial charge is 0.121 e. The molecule has 0 atom stereocenters. The summed E-state index contributed by atoms with van der Waals surface area (Å²) in [5, 5.41) is 3.84. The number of benzene rings is 1. The summed E-state index contributed by atoms with van der Waals surface area (Å²) >= 11 is 11.6. The van der Waals surface area contributed by atoms with E-state index in [1.807, 2.05) is 19.1 Å². The molecule has 0 spiro atoms. The van der Waals surface area contributed by atoms with E-state index < -0.39 is 0 Å². The van der Waals surface area contributed by atoms with E-state index in [1.165, 1.54) is 0 Å². The molecule has 82 valence electrons. The van der Waals surface area contributed by atoms with Crippen LogP contribution in [0.2, 0.25) is 5.02 Å². The molecule has 1 aromatic carbocycles. The Morgan fingerprint density at radius 3 is 2.87 bits per heavy atom. The lowest BCUT2D eigenvalue weighted by Crippen LogP contribution is -2.03. The van der Waals surface area contributed by atoms with Crippen LogP contribution in [0.25, 0.3) is 0 Å². The normalized spacial score (nSPS) is 11.3. The molecule has 0 aliphatic carbocycles. The summed E-state index contributed by atoms with van der Waals surface area (Å²) in [5.41, 5.74) is 3.42. The fourth-order valence-electron chi connectivity index (χ4n) is 1.04. The van der Waals surface area contributed by atoms with Crippen molar-refractivity contribution in [3.8, 4) is 5.75 Å². The summed E-state index contributed by atoms with van der Waals surface area (Å²) in [5.74, 6) is 0.773. The van der Waals surface area contributed by atoms with Gasteiger partial charge in [0.15, 0.2) is 0 Å². The molecule has 0 aliphatic rings. The maximum absolute atomic E-state index is 6.01. The molecule has 0 bridgehead atoms. The van der Waals surface area contributed by atoms with Gasteiger partial charge >= 0.3 is 0 Å². The Bertz CT molecular complexity index is 364. The topological polar surface area (TPSA) is 21.3 Å². The van der Waals surface area contributed by atoms with Crippen LogP contribution in [0, 0.1) is 0 Å². The number of ether oxygens (including phenoxy) is 1. The lowest BCUT2D eigenvalue weighted by molar-refractivity contribution is 0.415. The summed E-state index contributed by atoms with van der Waals surface area (Å²) in [6.07, 6.45) is 0. The Kier molecular flexibility index (Phi) is 4.79. The highest BCUT2D eigenvalue weighted by Crippen LogP contribution is 2.26. The standard InChI is InChI=1S/C11H13Cl2NO/c1-8(6-12)7-14-11-5-9(15-2)3-4-10(11)13/h3-6,14H,7H2,1-2H3/b8-6+. The van der Waals surface area contributed by atoms with Crippen molar-refractivity contribution < 1.29 is 4.74 Å². The van der Waals surface area contributed by atoms with Crippen molar-refractivity contribution in [3.05, 3.63) is 34.3 Å². The number of hydrogen-bond donors (Lipinski definition) is 1. The van der Waals surface area contributed by atoms with Crippen molar-refractivity contribution in [2.24, 2.45) is 0 Å². The van der Waals surface area contributed by atoms with Gasteiger partial charge in [-0.1, -0.05) is 23.2 Å². The van der Waals surface area contributed by atoms with Crippen LogP contribution in [-0.2, 0) is 0 Å². The predicted molar refractivity (Wildman–Crippen MR) is 66.1 cm³/mol. The Hall–Kier alpha value is -0.860. The third kappa shape index (κ3) is 3.65. The van der Waals surface area contributed by atoms with Gasteiger partial charge in [-0.15, -0.1) is 0 Å². The summed E-state index contributed by atoms with van der Waals surface area (Å²) < 4.78 is 5.10. The van der Waals surface area contributed by atoms with E-state index in [0.29, 0.717) is 11.6 Å². The zero-order chi connectivity index (χ0) is 11.3. The second-order valence-electron chi connectivity index (χ2n) is 3.15. The van der Waals surface area contributed by atoms with Crippen molar-refractivity contribution in [1.82, 2.24) is 0 Å². The van der Waals surface area contributed by atoms with Gasteiger partial charge in [-0.05, 0) is 24.6 Å². The van der Waals surface area contributed by atoms with Crippen molar-refractivity contribution in [3.63, 3.8) is 0 Å². The van der Waals surface area contributed by atoms with Crippen LogP contribution >= 0.6 is 23.2 Å². The molecule has 1 N–H and O–H groups in total. The van der Waals surface area contributed by atoms with Gasteiger partial charge in [0.1, 0.15) is 5.75 Å². The first-order chi connectivity index (χ1) is 7.17. The Balaban J connectivity index is 2.75. The molecule has 0 aromatic heterocycles. The molecule has 0 radical (unpaired) electrons. The van der Waals surface area contributed by atoms with Gasteiger partial charge < -0.3 is 10.1 Å². The van der Waals surface area contributed by atoms with Crippen molar-refractivity contribution in [2.75, 3.05) is 19.0 Å². The molecule has 0 saturated carbocycles. The average molecular weight is 246 g/mol. The minimum absolute atomic E-state index is 0.663. The van der Waals surface area contributed by atoms with Crippen molar-refractivity contribution in [1.29, 1.82) is 0 Å². The predicted octanol–water partition coefficient (Wildman–Crippen LogP) is 3.90. The first-order valence-electron chi connectivity index (χ1n) is 4.50. The number of halogens is 2. The van der Waals surface area contributed by atoms with Crippen LogP contribution in [0.4, 0.5) is 5.69 Å². The highest BCUT2D eigenvalue weighted by atomic mass is 35.5. The van der Waals surface area contributed by atoms with Gasteiger partial charge in [0, 0.05) is 18.1 Å². The molecule has 0 saturated heterocycles. The molecular formula is C11H13Cl2NO. The average Bonchev–Trinajstić information content (AvgIpc) is 2.27. The number of hydrogen-bond acceptors (Lipinski definition) is 2. The molecule has 1 rings (SSSR count). The molecule has 0 amide bonds. The van der Waals surface area contributed by atoms with E-state index in [9.17, 15) is 0 Å². The first-order valence-corrected chi connectivity index (χ1v) is 5.32. The maximum atomic E-state index is 6.01. The van der Waals surface area contributed by atoms with Crippen LogP contribution in [-0.4, -0.2) is 13.7 Å². The van der Waals surface area contributed by atoms with Gasteiger partial charge in [0.25, 0.3) is 0 Å². The zero-order valence-electron chi connectivity index (χ0n) is 8.68. The quantitative estimate of drug-likeness (QED) is 0.869. The van der Waals surface area contributed by atoms with E-state index in [2.05, 4.69) is 5.32 Å². The lowest BCUT2D eigenvalue weighted by Gasteiger charge is -2.09. The highest BCUT2D eigenvalue weighted by molar-refractivity contribution is 6.33. The monoisotopic (exact) mass is 245 g/mol. The molecule has 2 nitrogen and oxygen atoms in total. The van der Waals surface area contributed by atoms with Gasteiger partial charge in [-0.25, -0.2) is 0 Å². The maximum Gasteiger partial charge on any atom is 0.121 e. The molecule has 4 heteroatoms. The van der Waals surface area contributed by atoms with Crippen molar-refractivity contribution >= 4 is 28.9 Å². The number of rotatable bonds is 4. The van der Waals surface area contributed by atoms with Crippen LogP contribution in [0.3, 0.4) is 0 Å². The molecule has 1 aromatic rings. The van der Waals surface area contributed by atoms with E-state index in [4.69, 9.17) is 27.9 Å². The summed E-state index contributed by atoms with van der Waals surface area (Å²) in [4.78, 5) is 0. The van der Waals surface area contributed by atoms with Crippen LogP contribution < -0.4 is 10.1 Å². The summed E-state index contributed by atoms with van der Waals surface area (Å²) in [6, 6.07) is 5.46. The van der Waals surface area contributed by atoms with Gasteiger partial charge in [-0.2, -0.15) is 0 Å². The Morgan fingerprint density at radius 2 is 2.27 bits per heavy atom. The molecule has 0 unspecified atom stereocenters. The van der Waals surface area contributed by atoms with E-state index in [-0.39, 0.29) is 0 Å². The minimum Gasteiger partial charge on any atom is -0.497 e. The molecular weight excluding hydrogens is 233 g/mol. The molecule has 0 fully saturated rings. The lowest BCUT2D eigenvalue weighted by atomic mass is 10.2. The van der Waals surface area contributed by atoms with Crippen molar-refractivity contribution in [2.45, 2.75) is 6.92 Å². The third-order valence-electron chi connectivity index (χ3n) is 1.92. The summed E-state index contributed by atoms with van der Waals surface area (Å²) in [6.45, 7) is 2.60.